The molecule has 0 saturated heterocycles. The summed E-state index contributed by atoms with van der Waals surface area (Å²) in [5.41, 5.74) is 2.63. The summed E-state index contributed by atoms with van der Waals surface area (Å²) < 4.78 is 0. The molecule has 1 N–H and O–H groups in total. The largest absolute Gasteiger partial charge is 0.314 e. The van der Waals surface area contributed by atoms with Gasteiger partial charge >= 0.3 is 0 Å². The lowest BCUT2D eigenvalue weighted by Gasteiger charge is -2.29. The van der Waals surface area contributed by atoms with Gasteiger partial charge in [0, 0.05) is 6.04 Å². The molecule has 2 nitrogen and oxygen atoms in total. The van der Waals surface area contributed by atoms with Gasteiger partial charge in [-0.05, 0) is 61.3 Å². The predicted molar refractivity (Wildman–Crippen MR) is 72.3 cm³/mol. The first-order valence-electron chi connectivity index (χ1n) is 7.02. The highest BCUT2D eigenvalue weighted by Crippen LogP contribution is 2.62. The molecule has 0 radical (unpaired) electrons. The molecule has 0 bridgehead atoms. The van der Waals surface area contributed by atoms with Gasteiger partial charge in [0.15, 0.2) is 0 Å². The molecule has 0 aromatic heterocycles. The Hall–Kier alpha value is -1.33. The maximum atomic E-state index is 9.01. The molecule has 2 aliphatic carbocycles. The number of hydrogen-bond donors (Lipinski definition) is 1. The fourth-order valence-electron chi connectivity index (χ4n) is 3.76. The first-order valence-corrected chi connectivity index (χ1v) is 7.02. The van der Waals surface area contributed by atoms with Gasteiger partial charge in [0.1, 0.15) is 0 Å². The normalized spacial score (nSPS) is 33.6. The van der Waals surface area contributed by atoms with E-state index in [1.54, 1.807) is 0 Å². The zero-order valence-corrected chi connectivity index (χ0v) is 10.9. The number of benzene rings is 1. The van der Waals surface area contributed by atoms with Gasteiger partial charge in [-0.1, -0.05) is 19.1 Å². The minimum Gasteiger partial charge on any atom is -0.314 e. The monoisotopic (exact) mass is 240 g/mol. The van der Waals surface area contributed by atoms with Crippen LogP contribution in [-0.2, 0) is 5.41 Å². The van der Waals surface area contributed by atoms with E-state index in [0.717, 1.165) is 24.1 Å². The van der Waals surface area contributed by atoms with Gasteiger partial charge in [0.2, 0.25) is 0 Å². The van der Waals surface area contributed by atoms with E-state index in [-0.39, 0.29) is 0 Å². The van der Waals surface area contributed by atoms with Gasteiger partial charge in [-0.3, -0.25) is 0 Å². The fourth-order valence-corrected chi connectivity index (χ4v) is 3.76. The van der Waals surface area contributed by atoms with Crippen LogP contribution in [0.3, 0.4) is 0 Å². The van der Waals surface area contributed by atoms with Crippen molar-refractivity contribution in [2.45, 2.75) is 44.1 Å². The van der Waals surface area contributed by atoms with Crippen molar-refractivity contribution in [2.75, 3.05) is 6.54 Å². The number of nitriles is 1. The van der Waals surface area contributed by atoms with Gasteiger partial charge in [0.05, 0.1) is 11.6 Å². The van der Waals surface area contributed by atoms with E-state index in [1.165, 1.54) is 31.2 Å². The third-order valence-electron chi connectivity index (χ3n) is 4.80. The Balaban J connectivity index is 1.77. The Morgan fingerprint density at radius 2 is 2.39 bits per heavy atom. The van der Waals surface area contributed by atoms with Crippen LogP contribution in [0.4, 0.5) is 0 Å². The summed E-state index contributed by atoms with van der Waals surface area (Å²) >= 11 is 0. The van der Waals surface area contributed by atoms with Crippen LogP contribution in [0.1, 0.15) is 43.7 Å². The van der Waals surface area contributed by atoms with Crippen LogP contribution < -0.4 is 5.32 Å². The quantitative estimate of drug-likeness (QED) is 0.881. The van der Waals surface area contributed by atoms with Crippen LogP contribution in [0.25, 0.3) is 0 Å². The summed E-state index contributed by atoms with van der Waals surface area (Å²) in [6.07, 6.45) is 5.19. The molecule has 18 heavy (non-hydrogen) atoms. The maximum Gasteiger partial charge on any atom is 0.0991 e. The minimum atomic E-state index is 0.415. The van der Waals surface area contributed by atoms with Crippen LogP contribution in [0.2, 0.25) is 0 Å². The Labute approximate surface area is 109 Å². The molecule has 2 saturated carbocycles. The van der Waals surface area contributed by atoms with Crippen LogP contribution >= 0.6 is 0 Å². The first kappa shape index (κ1) is 11.7. The molecule has 2 heteroatoms. The van der Waals surface area contributed by atoms with Crippen LogP contribution in [0.5, 0.6) is 0 Å². The van der Waals surface area contributed by atoms with Crippen molar-refractivity contribution in [3.05, 3.63) is 35.4 Å². The molecule has 3 atom stereocenters. The first-order chi connectivity index (χ1) is 8.78. The van der Waals surface area contributed by atoms with E-state index in [4.69, 9.17) is 5.26 Å². The Morgan fingerprint density at radius 3 is 3.11 bits per heavy atom. The zero-order valence-electron chi connectivity index (χ0n) is 10.9. The van der Waals surface area contributed by atoms with E-state index in [1.807, 2.05) is 12.1 Å². The fraction of sp³-hybridized carbons (Fsp3) is 0.562. The van der Waals surface area contributed by atoms with Crippen molar-refractivity contribution in [3.63, 3.8) is 0 Å². The van der Waals surface area contributed by atoms with Crippen LogP contribution in [-0.4, -0.2) is 12.6 Å². The van der Waals surface area contributed by atoms with Gasteiger partial charge < -0.3 is 5.32 Å². The molecular weight excluding hydrogens is 220 g/mol. The maximum absolute atomic E-state index is 9.01. The van der Waals surface area contributed by atoms with Crippen molar-refractivity contribution < 1.29 is 0 Å². The predicted octanol–water partition coefficient (Wildman–Crippen LogP) is 2.98. The summed E-state index contributed by atoms with van der Waals surface area (Å²) in [6.45, 7) is 3.26. The summed E-state index contributed by atoms with van der Waals surface area (Å²) in [5.74, 6) is 0.837. The highest BCUT2D eigenvalue weighted by atomic mass is 14.9. The van der Waals surface area contributed by atoms with E-state index in [0.29, 0.717) is 5.41 Å². The highest BCUT2D eigenvalue weighted by Gasteiger charge is 2.57. The molecule has 0 spiro atoms. The van der Waals surface area contributed by atoms with Gasteiger partial charge in [-0.15, -0.1) is 0 Å². The average molecular weight is 240 g/mol. The summed E-state index contributed by atoms with van der Waals surface area (Å²) in [6, 6.07) is 11.2. The highest BCUT2D eigenvalue weighted by molar-refractivity contribution is 5.41. The van der Waals surface area contributed by atoms with Crippen LogP contribution in [0, 0.1) is 17.2 Å². The molecule has 2 fully saturated rings. The molecule has 1 unspecified atom stereocenters. The molecule has 3 rings (SSSR count). The van der Waals surface area contributed by atoms with Crippen molar-refractivity contribution >= 4 is 0 Å². The summed E-state index contributed by atoms with van der Waals surface area (Å²) in [4.78, 5) is 0. The Kier molecular flexibility index (Phi) is 2.87. The smallest absolute Gasteiger partial charge is 0.0991 e. The van der Waals surface area contributed by atoms with Gasteiger partial charge in [0.25, 0.3) is 0 Å². The number of rotatable bonds is 3. The van der Waals surface area contributed by atoms with Crippen molar-refractivity contribution in [1.82, 2.24) is 5.32 Å². The SMILES string of the molecule is CCN[C@@H]1CC[C@]2(c3cccc(C#N)c3)CC2C1. The molecule has 1 aromatic carbocycles. The van der Waals surface area contributed by atoms with E-state index in [2.05, 4.69) is 30.4 Å². The summed E-state index contributed by atoms with van der Waals surface area (Å²) in [5, 5.41) is 12.6. The average Bonchev–Trinajstić information content (AvgIpc) is 3.14. The van der Waals surface area contributed by atoms with Crippen molar-refractivity contribution in [1.29, 1.82) is 5.26 Å². The molecule has 0 aliphatic heterocycles. The molecule has 94 valence electrons. The lowest BCUT2D eigenvalue weighted by molar-refractivity contribution is 0.338. The van der Waals surface area contributed by atoms with Crippen molar-refractivity contribution in [2.24, 2.45) is 5.92 Å². The van der Waals surface area contributed by atoms with Crippen molar-refractivity contribution in [3.8, 4) is 6.07 Å². The number of nitrogens with zero attached hydrogens (tertiary/aromatic N) is 1. The van der Waals surface area contributed by atoms with Gasteiger partial charge in [-0.2, -0.15) is 5.26 Å². The number of hydrogen-bond acceptors (Lipinski definition) is 2. The molecule has 1 aromatic rings. The van der Waals surface area contributed by atoms with E-state index >= 15 is 0 Å². The summed E-state index contributed by atoms with van der Waals surface area (Å²) in [7, 11) is 0. The Bertz CT molecular complexity index is 488. The lowest BCUT2D eigenvalue weighted by atomic mass is 9.80. The third kappa shape index (κ3) is 1.83. The molecule has 0 amide bonds. The molecule has 0 heterocycles. The minimum absolute atomic E-state index is 0.415. The number of fused-ring (bicyclic) bond motifs is 1. The number of nitrogens with one attached hydrogen (secondary N) is 1. The Morgan fingerprint density at radius 1 is 1.50 bits per heavy atom. The lowest BCUT2D eigenvalue weighted by Crippen LogP contribution is -2.34. The molecular formula is C16H20N2. The second kappa shape index (κ2) is 4.40. The van der Waals surface area contributed by atoms with Gasteiger partial charge in [-0.25, -0.2) is 0 Å². The zero-order chi connectivity index (χ0) is 12.6. The van der Waals surface area contributed by atoms with E-state index in [9.17, 15) is 0 Å². The second-order valence-corrected chi connectivity index (χ2v) is 5.78. The van der Waals surface area contributed by atoms with E-state index < -0.39 is 0 Å². The third-order valence-corrected chi connectivity index (χ3v) is 4.80. The topological polar surface area (TPSA) is 35.8 Å². The molecule has 2 aliphatic rings. The second-order valence-electron chi connectivity index (χ2n) is 5.78. The standard InChI is InChI=1S/C16H20N2/c1-2-18-15-6-7-16(10-14(16)9-15)13-5-3-4-12(8-13)11-17/h3-5,8,14-15,18H,2,6-7,9-10H2,1H3/t14?,15-,16-/m1/s1. The van der Waals surface area contributed by atoms with Crippen LogP contribution in [0.15, 0.2) is 24.3 Å².